The van der Waals surface area contributed by atoms with E-state index in [0.29, 0.717) is 0 Å². The zero-order valence-corrected chi connectivity index (χ0v) is 14.0. The van der Waals surface area contributed by atoms with Gasteiger partial charge in [0.2, 0.25) is 0 Å². The van der Waals surface area contributed by atoms with Gasteiger partial charge in [0, 0.05) is 55.0 Å². The summed E-state index contributed by atoms with van der Waals surface area (Å²) in [5.74, 6) is 0. The molecule has 7 heavy (non-hydrogen) atoms. The van der Waals surface area contributed by atoms with Crippen LogP contribution in [0.25, 0.3) is 0 Å². The Bertz CT molecular complexity index is 37.9. The maximum absolute atomic E-state index is 8.56. The molecule has 0 rings (SSSR count). The molecular weight excluding hydrogens is 408 g/mol. The van der Waals surface area contributed by atoms with E-state index in [2.05, 4.69) is 0 Å². The van der Waals surface area contributed by atoms with Crippen LogP contribution in [0.5, 0.6) is 0 Å². The van der Waals surface area contributed by atoms with Crippen molar-refractivity contribution in [1.29, 1.82) is 0 Å². The van der Waals surface area contributed by atoms with Gasteiger partial charge in [-0.05, 0) is 0 Å². The molecule has 3 nitrogen and oxygen atoms in total. The molecule has 0 aromatic heterocycles. The fourth-order valence-corrected chi connectivity index (χ4v) is 0. The summed E-state index contributed by atoms with van der Waals surface area (Å²) < 4.78 is 0. The van der Waals surface area contributed by atoms with E-state index in [1.807, 2.05) is 0 Å². The zero-order chi connectivity index (χ0) is 3.58. The van der Waals surface area contributed by atoms with Gasteiger partial charge in [-0.3, -0.25) is 0 Å². The molecule has 36 valence electrons. The molecule has 0 radical (unpaired) electrons. The van der Waals surface area contributed by atoms with E-state index >= 15 is 0 Å². The second-order valence-electron chi connectivity index (χ2n) is 0.283. The molecule has 0 amide bonds. The second kappa shape index (κ2) is 15.7. The van der Waals surface area contributed by atoms with E-state index in [0.717, 1.165) is 0 Å². The predicted molar refractivity (Wildman–Crippen MR) is 17.9 cm³/mol. The van der Waals surface area contributed by atoms with Gasteiger partial charge in [0.25, 0.3) is 0 Å². The zero-order valence-electron chi connectivity index (χ0n) is 3.63. The van der Waals surface area contributed by atoms with Crippen LogP contribution in [0.3, 0.4) is 0 Å². The molecule has 0 saturated carbocycles. The molecule has 0 aromatic carbocycles. The van der Waals surface area contributed by atoms with Gasteiger partial charge in [-0.2, -0.15) is 0 Å². The third-order valence-corrected chi connectivity index (χ3v) is 0. The molecular formula is CH3CdClHgO3. The summed E-state index contributed by atoms with van der Waals surface area (Å²) in [7, 11) is 0. The number of halogens is 1. The van der Waals surface area contributed by atoms with Crippen LogP contribution in [0.2, 0.25) is 0 Å². The van der Waals surface area contributed by atoms with Gasteiger partial charge in [0.15, 0.2) is 0 Å². The molecule has 0 saturated heterocycles. The molecule has 0 spiro atoms. The van der Waals surface area contributed by atoms with Gasteiger partial charge < -0.3 is 10.2 Å². The average Bonchev–Trinajstić information content (AvgIpc) is 0.811. The van der Waals surface area contributed by atoms with E-state index in [1.165, 1.54) is 0 Å². The summed E-state index contributed by atoms with van der Waals surface area (Å²) in [4.78, 5) is 8.56. The number of carbonyl (C=O) groups is 1. The topological polar surface area (TPSA) is 57.5 Å². The molecule has 0 aromatic rings. The number of hydrogen-bond donors (Lipinski definition) is 2. The van der Waals surface area contributed by atoms with Crippen molar-refractivity contribution >= 4 is 18.6 Å². The molecule has 0 aliphatic rings. The minimum atomic E-state index is -1.83. The number of carboxylic acid groups (broad SMARTS) is 2. The van der Waals surface area contributed by atoms with Crippen molar-refractivity contribution in [1.82, 2.24) is 0 Å². The minimum Gasteiger partial charge on any atom is -0.450 e. The third kappa shape index (κ3) is 108. The van der Waals surface area contributed by atoms with Gasteiger partial charge in [-0.15, -0.1) is 12.4 Å². The Morgan fingerprint density at radius 2 is 1.29 bits per heavy atom. The standard InChI is InChI=1S/CH2O3.Cd.ClH.Hg/c2-1(3)4;;;/h(H2,2,3,4);;1H;. The molecule has 0 atom stereocenters. The van der Waals surface area contributed by atoms with E-state index < -0.39 is 6.16 Å². The summed E-state index contributed by atoms with van der Waals surface area (Å²) in [6, 6.07) is 0. The van der Waals surface area contributed by atoms with Crippen molar-refractivity contribution in [2.24, 2.45) is 0 Å². The maximum Gasteiger partial charge on any atom is 0.503 e. The van der Waals surface area contributed by atoms with Crippen molar-refractivity contribution in [2.75, 3.05) is 0 Å². The van der Waals surface area contributed by atoms with E-state index in [1.54, 1.807) is 0 Å². The molecule has 0 fully saturated rings. The summed E-state index contributed by atoms with van der Waals surface area (Å²) in [5, 5.41) is 13.9. The van der Waals surface area contributed by atoms with Crippen molar-refractivity contribution < 1.29 is 70.0 Å². The van der Waals surface area contributed by atoms with Crippen LogP contribution >= 0.6 is 12.4 Å². The monoisotopic (exact) mass is 414 g/mol. The molecule has 2 N–H and O–H groups in total. The predicted octanol–water partition coefficient (Wildman–Crippen LogP) is 0.639. The Balaban J connectivity index is -0.0000000150. The largest absolute Gasteiger partial charge is 0.503 e. The van der Waals surface area contributed by atoms with Gasteiger partial charge in [-0.1, -0.05) is 0 Å². The van der Waals surface area contributed by atoms with Crippen LogP contribution in [-0.2, 0) is 55.0 Å². The van der Waals surface area contributed by atoms with Crippen LogP contribution in [0.1, 0.15) is 0 Å². The van der Waals surface area contributed by atoms with Gasteiger partial charge in [0.05, 0.1) is 0 Å². The maximum atomic E-state index is 8.56. The van der Waals surface area contributed by atoms with Crippen molar-refractivity contribution in [3.05, 3.63) is 0 Å². The smallest absolute Gasteiger partial charge is 0.450 e. The van der Waals surface area contributed by atoms with Crippen molar-refractivity contribution in [3.8, 4) is 0 Å². The number of hydrogen-bond acceptors (Lipinski definition) is 1. The molecule has 0 unspecified atom stereocenters. The van der Waals surface area contributed by atoms with Gasteiger partial charge in [-0.25, -0.2) is 4.79 Å². The van der Waals surface area contributed by atoms with E-state index in [9.17, 15) is 0 Å². The summed E-state index contributed by atoms with van der Waals surface area (Å²) >= 11 is 0. The van der Waals surface area contributed by atoms with Gasteiger partial charge in [0.1, 0.15) is 0 Å². The van der Waals surface area contributed by atoms with Gasteiger partial charge >= 0.3 is 6.16 Å². The fraction of sp³-hybridized carbons (Fsp3) is 0. The summed E-state index contributed by atoms with van der Waals surface area (Å²) in [5.41, 5.74) is 0. The Labute approximate surface area is 87.6 Å². The Kier molecular flexibility index (Phi) is 53.1. The fourth-order valence-electron chi connectivity index (χ4n) is 0. The van der Waals surface area contributed by atoms with Crippen LogP contribution in [0.15, 0.2) is 0 Å². The van der Waals surface area contributed by atoms with E-state index in [-0.39, 0.29) is 67.4 Å². The Hall–Kier alpha value is 1.42. The summed E-state index contributed by atoms with van der Waals surface area (Å²) in [6.45, 7) is 0. The molecule has 6 heteroatoms. The first-order chi connectivity index (χ1) is 1.73. The molecule has 0 aliphatic heterocycles. The Morgan fingerprint density at radius 1 is 1.29 bits per heavy atom. The first-order valence-corrected chi connectivity index (χ1v) is 0.651. The van der Waals surface area contributed by atoms with Crippen molar-refractivity contribution in [3.63, 3.8) is 0 Å². The first-order valence-electron chi connectivity index (χ1n) is 0.651. The SMILES string of the molecule is Cl.O=C(O)O.[Cd].[Hg]. The van der Waals surface area contributed by atoms with Crippen LogP contribution in [0, 0.1) is 0 Å². The Morgan fingerprint density at radius 3 is 1.29 bits per heavy atom. The van der Waals surface area contributed by atoms with Crippen molar-refractivity contribution in [2.45, 2.75) is 0 Å². The second-order valence-corrected chi connectivity index (χ2v) is 0.283. The van der Waals surface area contributed by atoms with E-state index in [4.69, 9.17) is 15.0 Å². The number of rotatable bonds is 0. The first kappa shape index (κ1) is 23.7. The van der Waals surface area contributed by atoms with Crippen LogP contribution in [-0.4, -0.2) is 16.4 Å². The molecule has 0 heterocycles. The normalized spacial score (nSPS) is 3.43. The quantitative estimate of drug-likeness (QED) is 0.576. The molecule has 0 bridgehead atoms. The average molecular weight is 411 g/mol. The minimum absolute atomic E-state index is 0. The third-order valence-electron chi connectivity index (χ3n) is 0. The summed E-state index contributed by atoms with van der Waals surface area (Å²) in [6.07, 6.45) is -1.83. The van der Waals surface area contributed by atoms with Crippen LogP contribution in [0.4, 0.5) is 4.79 Å². The molecule has 0 aliphatic carbocycles. The van der Waals surface area contributed by atoms with Crippen LogP contribution < -0.4 is 0 Å².